The van der Waals surface area contributed by atoms with E-state index in [0.29, 0.717) is 0 Å². The van der Waals surface area contributed by atoms with E-state index < -0.39 is 13.4 Å². The van der Waals surface area contributed by atoms with E-state index in [1.54, 1.807) is 0 Å². The molecule has 0 spiro atoms. The van der Waals surface area contributed by atoms with E-state index in [0.717, 1.165) is 25.7 Å². The number of hydrogen-bond acceptors (Lipinski definition) is 1. The highest BCUT2D eigenvalue weighted by Crippen LogP contribution is 2.32. The summed E-state index contributed by atoms with van der Waals surface area (Å²) in [6.45, 7) is 3.27. The number of ether oxygens (including phenoxy) is 1. The fourth-order valence-corrected chi connectivity index (χ4v) is 6.06. The Labute approximate surface area is 126 Å². The molecule has 0 fully saturated rings. The summed E-state index contributed by atoms with van der Waals surface area (Å²) < 4.78 is 6.06. The second-order valence-corrected chi connectivity index (χ2v) is 20.3. The third kappa shape index (κ3) is 7.65. The van der Waals surface area contributed by atoms with Gasteiger partial charge in [-0.3, -0.25) is 0 Å². The minimum Gasteiger partial charge on any atom is -0.376 e. The monoisotopic (exact) mass is 354 g/mol. The van der Waals surface area contributed by atoms with Gasteiger partial charge < -0.3 is 4.74 Å². The topological polar surface area (TPSA) is 9.23 Å². The molecule has 0 saturated carbocycles. The first-order valence-electron chi connectivity index (χ1n) is 6.04. The lowest BCUT2D eigenvalue weighted by atomic mass is 10.3. The lowest BCUT2D eigenvalue weighted by Gasteiger charge is -2.32. The highest BCUT2D eigenvalue weighted by molar-refractivity contribution is 7.46. The van der Waals surface area contributed by atoms with Crippen molar-refractivity contribution in [2.45, 2.75) is 64.1 Å². The zero-order chi connectivity index (χ0) is 13.7. The van der Waals surface area contributed by atoms with Crippen molar-refractivity contribution in [3.63, 3.8) is 0 Å². The highest BCUT2D eigenvalue weighted by atomic mass is 35.7. The largest absolute Gasteiger partial charge is 0.376 e. The molecule has 0 aliphatic rings. The van der Waals surface area contributed by atoms with Crippen LogP contribution in [-0.2, 0) is 4.74 Å². The van der Waals surface area contributed by atoms with Gasteiger partial charge in [0.15, 0.2) is 0 Å². The molecular weight excluding hydrogens is 334 g/mol. The third-order valence-corrected chi connectivity index (χ3v) is 8.59. The van der Waals surface area contributed by atoms with Crippen molar-refractivity contribution in [3.8, 4) is 0 Å². The zero-order valence-corrected chi connectivity index (χ0v) is 15.9. The van der Waals surface area contributed by atoms with Crippen LogP contribution in [0.15, 0.2) is 0 Å². The molecule has 0 rings (SSSR count). The molecule has 0 amide bonds. The molecule has 104 valence electrons. The fourth-order valence-electron chi connectivity index (χ4n) is 1.60. The van der Waals surface area contributed by atoms with E-state index >= 15 is 0 Å². The molecule has 0 N–H and O–H groups in total. The Balaban J connectivity index is 4.68. The van der Waals surface area contributed by atoms with Crippen molar-refractivity contribution in [2.24, 2.45) is 0 Å². The van der Waals surface area contributed by atoms with Gasteiger partial charge in [-0.2, -0.15) is 0 Å². The molecule has 0 aromatic carbocycles. The number of hydrogen-bond donors (Lipinski definition) is 0. The van der Waals surface area contributed by atoms with Gasteiger partial charge in [0.05, 0.1) is 11.5 Å². The quantitative estimate of drug-likeness (QED) is 0.411. The first-order valence-corrected chi connectivity index (χ1v) is 15.2. The van der Waals surface area contributed by atoms with Crippen molar-refractivity contribution < 1.29 is 4.74 Å². The molecule has 0 bridgehead atoms. The minimum absolute atomic E-state index is 0.0864. The van der Waals surface area contributed by atoms with Crippen LogP contribution in [0.3, 0.4) is 0 Å². The van der Waals surface area contributed by atoms with Crippen molar-refractivity contribution in [1.29, 1.82) is 0 Å². The lowest BCUT2D eigenvalue weighted by Crippen LogP contribution is -2.45. The van der Waals surface area contributed by atoms with Crippen LogP contribution in [0.2, 0.25) is 13.1 Å². The summed E-state index contributed by atoms with van der Waals surface area (Å²) in [6, 6.07) is 0. The molecule has 0 aromatic heterocycles. The van der Waals surface area contributed by atoms with Crippen LogP contribution in [-0.4, -0.2) is 24.8 Å². The standard InChI is InChI=1S/C10H22Cl4OSi2/c1-5-7-9(16(3,11)12)15-10(8-6-2)17(4,13)14/h9-10H,5-8H2,1-4H3. The normalized spacial score (nSPS) is 16.9. The summed E-state index contributed by atoms with van der Waals surface area (Å²) in [7, 11) is 0. The van der Waals surface area contributed by atoms with E-state index in [-0.39, 0.29) is 11.5 Å². The van der Waals surface area contributed by atoms with Gasteiger partial charge in [0.1, 0.15) is 0 Å². The molecule has 0 saturated heterocycles. The molecule has 2 unspecified atom stereocenters. The van der Waals surface area contributed by atoms with E-state index in [1.807, 2.05) is 13.1 Å². The molecule has 1 nitrogen and oxygen atoms in total. The SMILES string of the molecule is CCCC(OC(CCC)[Si](C)(Cl)Cl)[Si](C)(Cl)Cl. The van der Waals surface area contributed by atoms with E-state index in [2.05, 4.69) is 13.8 Å². The fraction of sp³-hybridized carbons (Fsp3) is 1.00. The minimum atomic E-state index is -2.35. The molecule has 2 atom stereocenters. The van der Waals surface area contributed by atoms with Gasteiger partial charge in [0, 0.05) is 0 Å². The average molecular weight is 356 g/mol. The second-order valence-electron chi connectivity index (χ2n) is 4.60. The Morgan fingerprint density at radius 1 is 0.824 bits per heavy atom. The van der Waals surface area contributed by atoms with Crippen LogP contribution in [0.25, 0.3) is 0 Å². The summed E-state index contributed by atoms with van der Waals surface area (Å²) in [4.78, 5) is 0. The maximum atomic E-state index is 6.28. The molecule has 0 aromatic rings. The Morgan fingerprint density at radius 3 is 1.29 bits per heavy atom. The predicted molar refractivity (Wildman–Crippen MR) is 85.1 cm³/mol. The zero-order valence-electron chi connectivity index (χ0n) is 10.9. The van der Waals surface area contributed by atoms with Crippen LogP contribution in [0.1, 0.15) is 39.5 Å². The van der Waals surface area contributed by atoms with Crippen LogP contribution in [0.5, 0.6) is 0 Å². The van der Waals surface area contributed by atoms with Crippen LogP contribution >= 0.6 is 44.3 Å². The van der Waals surface area contributed by atoms with Crippen molar-refractivity contribution in [1.82, 2.24) is 0 Å². The maximum Gasteiger partial charge on any atom is 0.276 e. The van der Waals surface area contributed by atoms with Gasteiger partial charge in [0.2, 0.25) is 0 Å². The molecular formula is C10H22Cl4OSi2. The molecule has 0 aliphatic heterocycles. The molecule has 0 aliphatic carbocycles. The Bertz CT molecular complexity index is 193. The molecule has 17 heavy (non-hydrogen) atoms. The van der Waals surface area contributed by atoms with Gasteiger partial charge >= 0.3 is 0 Å². The van der Waals surface area contributed by atoms with Gasteiger partial charge in [-0.25, -0.2) is 0 Å². The summed E-state index contributed by atoms with van der Waals surface area (Å²) in [5.74, 6) is 0. The van der Waals surface area contributed by atoms with Crippen LogP contribution in [0, 0.1) is 0 Å². The Morgan fingerprint density at radius 2 is 1.12 bits per heavy atom. The van der Waals surface area contributed by atoms with E-state index in [1.165, 1.54) is 0 Å². The van der Waals surface area contributed by atoms with Gasteiger partial charge in [-0.15, -0.1) is 44.3 Å². The van der Waals surface area contributed by atoms with Gasteiger partial charge in [-0.05, 0) is 25.9 Å². The van der Waals surface area contributed by atoms with Gasteiger partial charge in [0.25, 0.3) is 13.4 Å². The summed E-state index contributed by atoms with van der Waals surface area (Å²) in [5, 5.41) is 0. The lowest BCUT2D eigenvalue weighted by molar-refractivity contribution is 0.0627. The Hall–Kier alpha value is 1.55. The molecule has 0 heterocycles. The van der Waals surface area contributed by atoms with Crippen LogP contribution in [0.4, 0.5) is 0 Å². The van der Waals surface area contributed by atoms with Crippen molar-refractivity contribution >= 4 is 57.7 Å². The second kappa shape index (κ2) is 7.98. The Kier molecular flexibility index (Phi) is 8.71. The molecule has 7 heteroatoms. The maximum absolute atomic E-state index is 6.28. The summed E-state index contributed by atoms with van der Waals surface area (Å²) in [5.41, 5.74) is -0.173. The molecule has 0 radical (unpaired) electrons. The van der Waals surface area contributed by atoms with Crippen molar-refractivity contribution in [3.05, 3.63) is 0 Å². The number of rotatable bonds is 8. The first-order chi connectivity index (χ1) is 7.62. The number of halogens is 4. The van der Waals surface area contributed by atoms with Crippen molar-refractivity contribution in [2.75, 3.05) is 0 Å². The predicted octanol–water partition coefficient (Wildman–Crippen LogP) is 5.52. The first kappa shape index (κ1) is 18.6. The van der Waals surface area contributed by atoms with Crippen LogP contribution < -0.4 is 0 Å². The third-order valence-electron chi connectivity index (χ3n) is 2.56. The summed E-state index contributed by atoms with van der Waals surface area (Å²) in [6.07, 6.45) is 3.73. The highest BCUT2D eigenvalue weighted by Gasteiger charge is 2.41. The smallest absolute Gasteiger partial charge is 0.276 e. The van der Waals surface area contributed by atoms with E-state index in [9.17, 15) is 0 Å². The summed E-state index contributed by atoms with van der Waals surface area (Å²) >= 11 is 25.1. The van der Waals surface area contributed by atoms with E-state index in [4.69, 9.17) is 49.1 Å². The average Bonchev–Trinajstić information content (AvgIpc) is 2.12. The van der Waals surface area contributed by atoms with Gasteiger partial charge in [-0.1, -0.05) is 26.7 Å².